The van der Waals surface area contributed by atoms with E-state index in [0.29, 0.717) is 16.9 Å². The van der Waals surface area contributed by atoms with Crippen molar-refractivity contribution in [3.05, 3.63) is 69.8 Å². The number of aliphatic hydroxyl groups excluding tert-OH is 2. The van der Waals surface area contributed by atoms with Crippen LogP contribution in [0.2, 0.25) is 0 Å². The molecular weight excluding hydrogens is 598 g/mol. The molecule has 3 aliphatic rings. The van der Waals surface area contributed by atoms with Crippen LogP contribution in [0.4, 0.5) is 10.5 Å². The first-order chi connectivity index (χ1) is 21.7. The Bertz CT molecular complexity index is 1790. The standard InChI is InChI=1S/C32H33N5O9/c1-36(2)20-13-16(14-35-31(44)46-10-8-17-7-5-6-9-34-17)25(38)22-18(20)11-15-12-19-24(37(3)4)27(40)23(30(33)43)29(42)32(19,45)28(41)21(15)26(22)39/h5-7,9,13,15,19,24,38-39,42,45H,11-12,14H2,1-4H3,(H2,33,43)(H,35,44). The van der Waals surface area contributed by atoms with Gasteiger partial charge in [0, 0.05) is 49.6 Å². The van der Waals surface area contributed by atoms with Crippen LogP contribution in [0, 0.1) is 23.9 Å². The van der Waals surface area contributed by atoms with Crippen molar-refractivity contribution in [2.75, 3.05) is 33.1 Å². The monoisotopic (exact) mass is 631 g/mol. The van der Waals surface area contributed by atoms with Gasteiger partial charge in [-0.05, 0) is 62.5 Å². The lowest BCUT2D eigenvalue weighted by Crippen LogP contribution is -2.65. The zero-order valence-electron chi connectivity index (χ0n) is 25.5. The maximum Gasteiger partial charge on any atom is 0.421 e. The average molecular weight is 632 g/mol. The number of ether oxygens (including phenoxy) is 1. The number of benzene rings is 1. The normalized spacial score (nSPS) is 23.6. The van der Waals surface area contributed by atoms with E-state index >= 15 is 0 Å². The molecule has 240 valence electrons. The number of nitrogens with zero attached hydrogens (tertiary/aromatic N) is 3. The molecule has 3 aliphatic carbocycles. The van der Waals surface area contributed by atoms with Crippen LogP contribution in [0.3, 0.4) is 0 Å². The van der Waals surface area contributed by atoms with E-state index in [1.807, 2.05) is 0 Å². The van der Waals surface area contributed by atoms with Crippen LogP contribution < -0.4 is 16.0 Å². The van der Waals surface area contributed by atoms with Gasteiger partial charge in [0.25, 0.3) is 5.91 Å². The van der Waals surface area contributed by atoms with Gasteiger partial charge in [0.15, 0.2) is 11.4 Å². The van der Waals surface area contributed by atoms with Gasteiger partial charge in [-0.15, -0.1) is 0 Å². The number of pyridine rings is 1. The smallest absolute Gasteiger partial charge is 0.421 e. The highest BCUT2D eigenvalue weighted by atomic mass is 16.5. The van der Waals surface area contributed by atoms with E-state index in [9.17, 15) is 39.6 Å². The van der Waals surface area contributed by atoms with Crippen LogP contribution in [-0.2, 0) is 32.1 Å². The number of aromatic hydroxyl groups is 1. The molecule has 2 aromatic rings. The molecule has 1 aromatic heterocycles. The number of nitrogens with two attached hydrogens (primary N) is 1. The molecule has 7 N–H and O–H groups in total. The zero-order valence-corrected chi connectivity index (χ0v) is 25.5. The Kier molecular flexibility index (Phi) is 8.24. The van der Waals surface area contributed by atoms with E-state index in [-0.39, 0.29) is 36.1 Å². The number of hydrogen-bond acceptors (Lipinski definition) is 12. The third-order valence-electron chi connectivity index (χ3n) is 8.67. The summed E-state index contributed by atoms with van der Waals surface area (Å²) in [7, 11) is 6.55. The molecule has 0 aliphatic heterocycles. The number of aromatic nitrogens is 1. The number of likely N-dealkylation sites (N-methyl/N-ethyl adjacent to an activating group) is 1. The number of hydrogen-bond donors (Lipinski definition) is 6. The molecule has 0 saturated heterocycles. The summed E-state index contributed by atoms with van der Waals surface area (Å²) in [6.07, 6.45) is 2.95. The van der Waals surface area contributed by atoms with Crippen LogP contribution >= 0.6 is 0 Å². The van der Waals surface area contributed by atoms with Gasteiger partial charge in [0.2, 0.25) is 5.78 Å². The molecule has 4 unspecified atom stereocenters. The van der Waals surface area contributed by atoms with Gasteiger partial charge in [0.1, 0.15) is 34.6 Å². The second-order valence-electron chi connectivity index (χ2n) is 11.8. The first-order valence-corrected chi connectivity index (χ1v) is 14.3. The van der Waals surface area contributed by atoms with Crippen molar-refractivity contribution in [1.29, 1.82) is 0 Å². The minimum Gasteiger partial charge on any atom is -0.508 e. The number of aliphatic hydroxyl groups is 3. The Morgan fingerprint density at radius 2 is 1.89 bits per heavy atom. The summed E-state index contributed by atoms with van der Waals surface area (Å²) in [6, 6.07) is 5.50. The SMILES string of the molecule is CN(C)c1cc(CNC(=O)OC#Cc2ccccn2)c(O)c2c1CC1CC3C(N(C)C)C(=O)C(C(N)=O)=C(O)C3(O)C(=O)C1=C2O. The van der Waals surface area contributed by atoms with E-state index in [4.69, 9.17) is 10.5 Å². The second-order valence-corrected chi connectivity index (χ2v) is 11.8. The van der Waals surface area contributed by atoms with Crippen molar-refractivity contribution in [2.45, 2.75) is 31.0 Å². The first-order valence-electron chi connectivity index (χ1n) is 14.3. The summed E-state index contributed by atoms with van der Waals surface area (Å²) in [5.74, 6) is -4.82. The largest absolute Gasteiger partial charge is 0.508 e. The molecule has 0 spiro atoms. The number of rotatable bonds is 5. The molecule has 14 nitrogen and oxygen atoms in total. The van der Waals surface area contributed by atoms with Gasteiger partial charge < -0.3 is 41.1 Å². The Hall–Kier alpha value is -5.39. The Morgan fingerprint density at radius 1 is 1.17 bits per heavy atom. The Labute approximate surface area is 263 Å². The molecule has 1 aromatic carbocycles. The highest BCUT2D eigenvalue weighted by Gasteiger charge is 2.64. The van der Waals surface area contributed by atoms with Crippen molar-refractivity contribution >= 4 is 35.0 Å². The third kappa shape index (κ3) is 5.09. The molecule has 1 saturated carbocycles. The maximum atomic E-state index is 14.1. The number of nitrogens with one attached hydrogen (secondary N) is 1. The van der Waals surface area contributed by atoms with Gasteiger partial charge in [-0.2, -0.15) is 0 Å². The Morgan fingerprint density at radius 3 is 2.50 bits per heavy atom. The second kappa shape index (κ2) is 11.8. The summed E-state index contributed by atoms with van der Waals surface area (Å²) in [5, 5.41) is 48.2. The first kappa shape index (κ1) is 32.0. The highest BCUT2D eigenvalue weighted by Crippen LogP contribution is 2.54. The van der Waals surface area contributed by atoms with E-state index in [1.54, 1.807) is 43.3 Å². The molecule has 4 atom stereocenters. The lowest BCUT2D eigenvalue weighted by atomic mass is 9.57. The molecule has 5 rings (SSSR count). The van der Waals surface area contributed by atoms with Crippen molar-refractivity contribution in [3.8, 4) is 17.8 Å². The average Bonchev–Trinajstić information content (AvgIpc) is 2.98. The Balaban J connectivity index is 1.54. The van der Waals surface area contributed by atoms with Crippen LogP contribution in [0.15, 0.2) is 47.4 Å². The molecule has 1 fully saturated rings. The summed E-state index contributed by atoms with van der Waals surface area (Å²) in [6.45, 7) is -0.256. The summed E-state index contributed by atoms with van der Waals surface area (Å²) in [5.41, 5.74) is 2.98. The molecule has 0 bridgehead atoms. The van der Waals surface area contributed by atoms with E-state index < -0.39 is 69.9 Å². The van der Waals surface area contributed by atoms with Gasteiger partial charge in [-0.25, -0.2) is 9.78 Å². The number of amides is 2. The summed E-state index contributed by atoms with van der Waals surface area (Å²) >= 11 is 0. The number of carbonyl (C=O) groups excluding carboxylic acids is 4. The van der Waals surface area contributed by atoms with Gasteiger partial charge in [-0.3, -0.25) is 19.3 Å². The number of ketones is 2. The maximum absolute atomic E-state index is 14.1. The molecule has 2 amide bonds. The van der Waals surface area contributed by atoms with Crippen LogP contribution in [0.1, 0.15) is 28.8 Å². The number of phenols is 1. The lowest BCUT2D eigenvalue weighted by molar-refractivity contribution is -0.153. The number of Topliss-reactive ketones (excluding diaryl/α,β-unsaturated/α-hetero) is 2. The van der Waals surface area contributed by atoms with Gasteiger partial charge in [-0.1, -0.05) is 6.07 Å². The zero-order chi connectivity index (χ0) is 33.7. The fourth-order valence-electron chi connectivity index (χ4n) is 6.64. The van der Waals surface area contributed by atoms with E-state index in [2.05, 4.69) is 22.3 Å². The minimum atomic E-state index is -2.75. The van der Waals surface area contributed by atoms with Crippen LogP contribution in [0.5, 0.6) is 5.75 Å². The number of primary amides is 1. The molecule has 0 radical (unpaired) electrons. The third-order valence-corrected chi connectivity index (χ3v) is 8.67. The van der Waals surface area contributed by atoms with Crippen LogP contribution in [0.25, 0.3) is 5.76 Å². The van der Waals surface area contributed by atoms with Crippen molar-refractivity contribution < 1.29 is 44.3 Å². The van der Waals surface area contributed by atoms with E-state index in [1.165, 1.54) is 25.2 Å². The van der Waals surface area contributed by atoms with Crippen LogP contribution in [-0.4, -0.2) is 93.7 Å². The molecule has 1 heterocycles. The molecular formula is C32H33N5O9. The molecule has 14 heteroatoms. The lowest BCUT2D eigenvalue weighted by Gasteiger charge is -2.50. The molecule has 46 heavy (non-hydrogen) atoms. The van der Waals surface area contributed by atoms with Crippen molar-refractivity contribution in [2.24, 2.45) is 17.6 Å². The van der Waals surface area contributed by atoms with Crippen molar-refractivity contribution in [3.63, 3.8) is 0 Å². The quantitative estimate of drug-likeness (QED) is 0.198. The van der Waals surface area contributed by atoms with E-state index in [0.717, 1.165) is 0 Å². The summed E-state index contributed by atoms with van der Waals surface area (Å²) in [4.78, 5) is 59.1. The topological polar surface area (TPSA) is 216 Å². The number of alkyl carbamates (subject to hydrolysis) is 1. The minimum absolute atomic E-state index is 0.0337. The number of phenolic OH excluding ortho intramolecular Hbond substituents is 1. The van der Waals surface area contributed by atoms with Gasteiger partial charge >= 0.3 is 6.09 Å². The van der Waals surface area contributed by atoms with Crippen molar-refractivity contribution in [1.82, 2.24) is 15.2 Å². The van der Waals surface area contributed by atoms with Gasteiger partial charge in [0.05, 0.1) is 11.6 Å². The number of carbonyl (C=O) groups is 4. The predicted octanol–water partition coefficient (Wildman–Crippen LogP) is 0.660. The highest BCUT2D eigenvalue weighted by molar-refractivity contribution is 6.24. The fraction of sp³-hybridized carbons (Fsp3) is 0.344. The summed E-state index contributed by atoms with van der Waals surface area (Å²) < 4.78 is 4.87. The number of fused-ring (bicyclic) bond motifs is 3. The predicted molar refractivity (Wildman–Crippen MR) is 163 cm³/mol. The fourth-order valence-corrected chi connectivity index (χ4v) is 6.64. The number of anilines is 1.